The van der Waals surface area contributed by atoms with Crippen molar-refractivity contribution >= 4 is 16.9 Å². The SMILES string of the molecule is CC1(C)/C=C\CC(c2cccc(CCC(=O)O)c2)n2ccc(n2)-c2cc(ccc2F)Oc2c(F)cc3[nH]ccc3c2Cc2ccn(c2)C1. The third-order valence-electron chi connectivity index (χ3n) is 8.90. The number of aromatic nitrogens is 4. The van der Waals surface area contributed by atoms with Crippen molar-refractivity contribution < 1.29 is 23.4 Å². The lowest BCUT2D eigenvalue weighted by Gasteiger charge is -2.22. The van der Waals surface area contributed by atoms with E-state index in [1.165, 1.54) is 18.2 Å². The van der Waals surface area contributed by atoms with Gasteiger partial charge in [0.25, 0.3) is 0 Å². The van der Waals surface area contributed by atoms with Crippen LogP contribution < -0.4 is 4.74 Å². The summed E-state index contributed by atoms with van der Waals surface area (Å²) in [5.74, 6) is -1.45. The van der Waals surface area contributed by atoms with Gasteiger partial charge >= 0.3 is 5.97 Å². The number of nitrogens with one attached hydrogen (secondary N) is 1. The zero-order valence-electron chi connectivity index (χ0n) is 26.8. The second kappa shape index (κ2) is 12.6. The van der Waals surface area contributed by atoms with Gasteiger partial charge < -0.3 is 19.4 Å². The van der Waals surface area contributed by atoms with E-state index in [0.717, 1.165) is 28.6 Å². The van der Waals surface area contributed by atoms with Gasteiger partial charge in [0.15, 0.2) is 11.6 Å². The first-order valence-corrected chi connectivity index (χ1v) is 16.1. The lowest BCUT2D eigenvalue weighted by molar-refractivity contribution is -0.136. The van der Waals surface area contributed by atoms with Gasteiger partial charge in [0.2, 0.25) is 0 Å². The number of aryl methyl sites for hydroxylation is 1. The number of aromatic amines is 1. The predicted octanol–water partition coefficient (Wildman–Crippen LogP) is 9.09. The molecule has 1 aliphatic heterocycles. The van der Waals surface area contributed by atoms with Gasteiger partial charge in [-0.15, -0.1) is 0 Å². The van der Waals surface area contributed by atoms with Crippen molar-refractivity contribution in [2.45, 2.75) is 52.1 Å². The number of carboxylic acids is 1. The normalized spacial score (nSPS) is 16.7. The van der Waals surface area contributed by atoms with Crippen molar-refractivity contribution in [1.82, 2.24) is 19.3 Å². The number of hydrogen-bond acceptors (Lipinski definition) is 3. The fraction of sp³-hybridized carbons (Fsp3) is 0.231. The first kappa shape index (κ1) is 31.2. The summed E-state index contributed by atoms with van der Waals surface area (Å²) in [7, 11) is 0. The number of allylic oxidation sites excluding steroid dienone is 2. The molecule has 1 atom stereocenters. The number of nitrogens with zero attached hydrogens (tertiary/aromatic N) is 3. The molecule has 0 fully saturated rings. The summed E-state index contributed by atoms with van der Waals surface area (Å²) < 4.78 is 41.3. The Morgan fingerprint density at radius 3 is 2.79 bits per heavy atom. The third kappa shape index (κ3) is 6.53. The summed E-state index contributed by atoms with van der Waals surface area (Å²) in [5, 5.41) is 14.9. The standard InChI is InChI=1S/C39H36F2N4O3/c1-39(2)15-4-7-36(27-6-3-5-25(19-27)8-11-37(46)47)45-18-14-34(43-45)31-21-28(9-10-32(31)40)48-38-30(20-26-13-17-44(23-26)24-39)29-12-16-42-35(29)22-33(38)41/h3-6,9-10,12-19,21-23,36,42H,7-8,11,20,24H2,1-2H3,(H,46,47)/b15-4-. The zero-order valence-corrected chi connectivity index (χ0v) is 26.8. The van der Waals surface area contributed by atoms with Gasteiger partial charge in [-0.1, -0.05) is 50.3 Å². The van der Waals surface area contributed by atoms with E-state index < -0.39 is 17.6 Å². The van der Waals surface area contributed by atoms with Crippen LogP contribution in [0.5, 0.6) is 11.5 Å². The summed E-state index contributed by atoms with van der Waals surface area (Å²) in [5.41, 5.74) is 4.72. The molecule has 3 aromatic heterocycles. The molecule has 6 bridgehead atoms. The van der Waals surface area contributed by atoms with Crippen LogP contribution in [0.15, 0.2) is 104 Å². The van der Waals surface area contributed by atoms with Crippen LogP contribution in [-0.2, 0) is 24.2 Å². The molecule has 1 aliphatic rings. The highest BCUT2D eigenvalue weighted by atomic mass is 19.1. The van der Waals surface area contributed by atoms with E-state index in [2.05, 4.69) is 41.7 Å². The summed E-state index contributed by atoms with van der Waals surface area (Å²) in [6.45, 7) is 5.08. The van der Waals surface area contributed by atoms with E-state index >= 15 is 8.78 Å². The highest BCUT2D eigenvalue weighted by Gasteiger charge is 2.22. The summed E-state index contributed by atoms with van der Waals surface area (Å²) in [6, 6.07) is 19.2. The topological polar surface area (TPSA) is 85.1 Å². The predicted molar refractivity (Wildman–Crippen MR) is 181 cm³/mol. The number of fused-ring (bicyclic) bond motifs is 10. The fourth-order valence-corrected chi connectivity index (χ4v) is 6.59. The molecule has 0 radical (unpaired) electrons. The van der Waals surface area contributed by atoms with Crippen LogP contribution >= 0.6 is 0 Å². The molecule has 1 unspecified atom stereocenters. The van der Waals surface area contributed by atoms with Gasteiger partial charge in [-0.05, 0) is 65.9 Å². The molecule has 9 heteroatoms. The van der Waals surface area contributed by atoms with E-state index in [1.807, 2.05) is 53.5 Å². The van der Waals surface area contributed by atoms with E-state index in [9.17, 15) is 9.90 Å². The van der Waals surface area contributed by atoms with Crippen molar-refractivity contribution in [2.75, 3.05) is 0 Å². The molecule has 6 aromatic rings. The summed E-state index contributed by atoms with van der Waals surface area (Å²) in [6.07, 6.45) is 13.6. The second-order valence-corrected chi connectivity index (χ2v) is 13.2. The van der Waals surface area contributed by atoms with Crippen LogP contribution in [0.3, 0.4) is 0 Å². The Bertz CT molecular complexity index is 2160. The molecular weight excluding hydrogens is 610 g/mol. The highest BCUT2D eigenvalue weighted by Crippen LogP contribution is 2.38. The van der Waals surface area contributed by atoms with Gasteiger partial charge in [-0.25, -0.2) is 8.78 Å². The number of carbonyl (C=O) groups is 1. The Morgan fingerprint density at radius 2 is 1.94 bits per heavy atom. The second-order valence-electron chi connectivity index (χ2n) is 13.2. The van der Waals surface area contributed by atoms with Crippen LogP contribution in [0.25, 0.3) is 22.2 Å². The van der Waals surface area contributed by atoms with Crippen molar-refractivity contribution in [1.29, 1.82) is 0 Å². The maximum absolute atomic E-state index is 15.7. The van der Waals surface area contributed by atoms with Crippen LogP contribution in [-0.4, -0.2) is 30.4 Å². The van der Waals surface area contributed by atoms with E-state index in [0.29, 0.717) is 41.8 Å². The van der Waals surface area contributed by atoms with Crippen LogP contribution in [0.4, 0.5) is 8.78 Å². The molecule has 3 aromatic carbocycles. The lowest BCUT2D eigenvalue weighted by Crippen LogP contribution is -2.16. The molecule has 0 spiro atoms. The van der Waals surface area contributed by atoms with E-state index in [1.54, 1.807) is 18.3 Å². The summed E-state index contributed by atoms with van der Waals surface area (Å²) in [4.78, 5) is 14.4. The minimum Gasteiger partial charge on any atom is -0.481 e. The van der Waals surface area contributed by atoms with Gasteiger partial charge in [0.05, 0.1) is 11.7 Å². The fourth-order valence-electron chi connectivity index (χ4n) is 6.59. The number of halogens is 2. The quantitative estimate of drug-likeness (QED) is 0.187. The molecule has 48 heavy (non-hydrogen) atoms. The molecule has 2 N–H and O–H groups in total. The first-order chi connectivity index (χ1) is 23.1. The third-order valence-corrected chi connectivity index (χ3v) is 8.90. The lowest BCUT2D eigenvalue weighted by atomic mass is 9.91. The number of rotatable bonds is 4. The van der Waals surface area contributed by atoms with E-state index in [4.69, 9.17) is 9.84 Å². The zero-order chi connectivity index (χ0) is 33.4. The molecule has 0 saturated carbocycles. The largest absolute Gasteiger partial charge is 0.481 e. The van der Waals surface area contributed by atoms with Gasteiger partial charge in [-0.3, -0.25) is 9.48 Å². The Hall–Kier alpha value is -5.44. The Morgan fingerprint density at radius 1 is 1.06 bits per heavy atom. The Labute approximate surface area is 277 Å². The van der Waals surface area contributed by atoms with Gasteiger partial charge in [0.1, 0.15) is 11.6 Å². The number of ether oxygens (including phenoxy) is 1. The molecule has 7 nitrogen and oxygen atoms in total. The average molecular weight is 647 g/mol. The minimum absolute atomic E-state index is 0.0391. The van der Waals surface area contributed by atoms with Crippen molar-refractivity contribution in [3.8, 4) is 22.8 Å². The van der Waals surface area contributed by atoms with Crippen molar-refractivity contribution in [3.05, 3.63) is 138 Å². The van der Waals surface area contributed by atoms with Gasteiger partial charge in [-0.2, -0.15) is 5.10 Å². The molecule has 0 amide bonds. The smallest absolute Gasteiger partial charge is 0.303 e. The first-order valence-electron chi connectivity index (χ1n) is 16.1. The van der Waals surface area contributed by atoms with E-state index in [-0.39, 0.29) is 29.2 Å². The molecule has 0 saturated heterocycles. The number of aliphatic carboxylic acids is 1. The number of carboxylic acid groups (broad SMARTS) is 1. The monoisotopic (exact) mass is 646 g/mol. The maximum atomic E-state index is 15.7. The minimum atomic E-state index is -0.846. The Kier molecular flexibility index (Phi) is 8.21. The average Bonchev–Trinajstić information content (AvgIpc) is 3.82. The number of benzene rings is 3. The number of hydrogen-bond donors (Lipinski definition) is 2. The highest BCUT2D eigenvalue weighted by molar-refractivity contribution is 5.86. The number of H-pyrrole nitrogens is 1. The molecule has 7 rings (SSSR count). The molecular formula is C39H36F2N4O3. The summed E-state index contributed by atoms with van der Waals surface area (Å²) >= 11 is 0. The maximum Gasteiger partial charge on any atom is 0.303 e. The van der Waals surface area contributed by atoms with Crippen LogP contribution in [0.1, 0.15) is 55.0 Å². The molecule has 244 valence electrons. The van der Waals surface area contributed by atoms with Crippen molar-refractivity contribution in [2.24, 2.45) is 5.41 Å². The van der Waals surface area contributed by atoms with Crippen LogP contribution in [0, 0.1) is 17.0 Å². The Balaban J connectivity index is 1.34. The molecule has 4 heterocycles. The van der Waals surface area contributed by atoms with Gasteiger partial charge in [0, 0.05) is 77.7 Å². The molecule has 0 aliphatic carbocycles. The van der Waals surface area contributed by atoms with Crippen molar-refractivity contribution in [3.63, 3.8) is 0 Å². The van der Waals surface area contributed by atoms with Crippen LogP contribution in [0.2, 0.25) is 0 Å².